The largest absolute Gasteiger partial charge is 0.352 e. The molecule has 0 aromatic heterocycles. The molecule has 1 saturated heterocycles. The van der Waals surface area contributed by atoms with E-state index in [4.69, 9.17) is 0 Å². The van der Waals surface area contributed by atoms with Crippen LogP contribution in [-0.4, -0.2) is 55.2 Å². The number of urea groups is 1. The molecule has 3 rings (SSSR count). The Morgan fingerprint density at radius 3 is 2.53 bits per heavy atom. The Bertz CT molecular complexity index is 862. The third-order valence-corrected chi connectivity index (χ3v) is 5.92. The quantitative estimate of drug-likeness (QED) is 0.413. The van der Waals surface area contributed by atoms with Crippen LogP contribution in [0, 0.1) is 0 Å². The molecule has 0 aliphatic carbocycles. The van der Waals surface area contributed by atoms with Crippen molar-refractivity contribution in [2.24, 2.45) is 4.99 Å². The summed E-state index contributed by atoms with van der Waals surface area (Å²) in [5, 5.41) is 6.42. The van der Waals surface area contributed by atoms with Crippen LogP contribution in [0.2, 0.25) is 0 Å². The molecule has 1 heterocycles. The summed E-state index contributed by atoms with van der Waals surface area (Å²) in [5.41, 5.74) is 3.15. The lowest BCUT2D eigenvalue weighted by Gasteiger charge is -2.22. The van der Waals surface area contributed by atoms with E-state index in [1.165, 1.54) is 10.5 Å². The zero-order valence-electron chi connectivity index (χ0n) is 18.0. The number of hydrogen-bond acceptors (Lipinski definition) is 3. The third kappa shape index (κ3) is 6.16. The fourth-order valence-electron chi connectivity index (χ4n) is 3.53. The first-order valence-corrected chi connectivity index (χ1v) is 11.5. The van der Waals surface area contributed by atoms with E-state index in [-0.39, 0.29) is 6.03 Å². The lowest BCUT2D eigenvalue weighted by atomic mass is 10.2. The second kappa shape index (κ2) is 10.9. The number of guanidine groups is 1. The van der Waals surface area contributed by atoms with Gasteiger partial charge in [-0.3, -0.25) is 4.99 Å². The predicted molar refractivity (Wildman–Crippen MR) is 126 cm³/mol. The molecule has 1 fully saturated rings. The Balaban J connectivity index is 1.54. The topological polar surface area (TPSA) is 60.0 Å². The summed E-state index contributed by atoms with van der Waals surface area (Å²) in [6.45, 7) is 3.10. The number of nitrogens with one attached hydrogen (secondary N) is 2. The number of thioether (sulfide) groups is 1. The van der Waals surface area contributed by atoms with Gasteiger partial charge in [-0.05, 0) is 54.5 Å². The van der Waals surface area contributed by atoms with E-state index in [0.717, 1.165) is 49.7 Å². The van der Waals surface area contributed by atoms with Crippen LogP contribution < -0.4 is 10.6 Å². The first-order valence-electron chi connectivity index (χ1n) is 10.3. The van der Waals surface area contributed by atoms with Gasteiger partial charge in [0.2, 0.25) is 0 Å². The normalized spacial score (nSPS) is 14.0. The first kappa shape index (κ1) is 22.0. The van der Waals surface area contributed by atoms with Gasteiger partial charge in [0.1, 0.15) is 0 Å². The third-order valence-electron chi connectivity index (χ3n) is 5.17. The highest BCUT2D eigenvalue weighted by atomic mass is 32.2. The van der Waals surface area contributed by atoms with Gasteiger partial charge in [0.25, 0.3) is 0 Å². The van der Waals surface area contributed by atoms with Crippen LogP contribution in [0.5, 0.6) is 0 Å². The van der Waals surface area contributed by atoms with Crippen LogP contribution in [0.15, 0.2) is 58.4 Å². The SMILES string of the molecule is CN=C(NCc1cccc(NC(=O)N2CCCC2)c1)N(C)Cc1ccc(SC)cc1. The Labute approximate surface area is 183 Å². The van der Waals surface area contributed by atoms with Crippen molar-refractivity contribution in [3.05, 3.63) is 59.7 Å². The minimum Gasteiger partial charge on any atom is -0.352 e. The van der Waals surface area contributed by atoms with E-state index in [9.17, 15) is 4.79 Å². The van der Waals surface area contributed by atoms with Gasteiger partial charge in [-0.1, -0.05) is 24.3 Å². The molecule has 1 aliphatic heterocycles. The van der Waals surface area contributed by atoms with Crippen molar-refractivity contribution in [3.8, 4) is 0 Å². The number of benzene rings is 2. The maximum absolute atomic E-state index is 12.3. The second-order valence-corrected chi connectivity index (χ2v) is 8.31. The molecule has 1 aliphatic rings. The number of carbonyl (C=O) groups is 1. The van der Waals surface area contributed by atoms with Gasteiger partial charge < -0.3 is 20.4 Å². The average Bonchev–Trinajstić information content (AvgIpc) is 3.30. The molecule has 0 unspecified atom stereocenters. The molecule has 2 aromatic rings. The van der Waals surface area contributed by atoms with Gasteiger partial charge in [-0.15, -0.1) is 11.8 Å². The maximum Gasteiger partial charge on any atom is 0.321 e. The van der Waals surface area contributed by atoms with Gasteiger partial charge >= 0.3 is 6.03 Å². The summed E-state index contributed by atoms with van der Waals surface area (Å²) >= 11 is 1.75. The number of aliphatic imine (C=N–C) groups is 1. The molecule has 2 aromatic carbocycles. The summed E-state index contributed by atoms with van der Waals surface area (Å²) < 4.78 is 0. The predicted octanol–water partition coefficient (Wildman–Crippen LogP) is 4.24. The summed E-state index contributed by atoms with van der Waals surface area (Å²) in [4.78, 5) is 22.0. The number of nitrogens with zero attached hydrogens (tertiary/aromatic N) is 3. The molecule has 2 amide bonds. The fraction of sp³-hybridized carbons (Fsp3) is 0.391. The standard InChI is InChI=1S/C23H31N5OS/c1-24-22(27(2)17-18-9-11-21(30-3)12-10-18)25-16-19-7-6-8-20(15-19)26-23(29)28-13-4-5-14-28/h6-12,15H,4-5,13-14,16-17H2,1-3H3,(H,24,25)(H,26,29). The van der Waals surface area contributed by atoms with Gasteiger partial charge in [-0.2, -0.15) is 0 Å². The molecule has 30 heavy (non-hydrogen) atoms. The lowest BCUT2D eigenvalue weighted by Crippen LogP contribution is -2.38. The molecule has 0 atom stereocenters. The Hall–Kier alpha value is -2.67. The van der Waals surface area contributed by atoms with Gasteiger partial charge in [0.05, 0.1) is 0 Å². The van der Waals surface area contributed by atoms with Crippen LogP contribution in [0.1, 0.15) is 24.0 Å². The average molecular weight is 426 g/mol. The monoisotopic (exact) mass is 425 g/mol. The molecule has 2 N–H and O–H groups in total. The fourth-order valence-corrected chi connectivity index (χ4v) is 3.94. The molecule has 0 radical (unpaired) electrons. The number of likely N-dealkylation sites (tertiary alicyclic amines) is 1. The van der Waals surface area contributed by atoms with Crippen molar-refractivity contribution in [1.82, 2.24) is 15.1 Å². The Kier molecular flexibility index (Phi) is 8.02. The maximum atomic E-state index is 12.3. The molecule has 7 heteroatoms. The van der Waals surface area contributed by atoms with Crippen LogP contribution in [0.4, 0.5) is 10.5 Å². The molecular formula is C23H31N5OS. The van der Waals surface area contributed by atoms with E-state index in [0.29, 0.717) is 6.54 Å². The highest BCUT2D eigenvalue weighted by Crippen LogP contribution is 2.16. The van der Waals surface area contributed by atoms with Crippen molar-refractivity contribution in [2.75, 3.05) is 38.8 Å². The zero-order valence-corrected chi connectivity index (χ0v) is 18.8. The van der Waals surface area contributed by atoms with Crippen molar-refractivity contribution in [1.29, 1.82) is 0 Å². The van der Waals surface area contributed by atoms with Crippen molar-refractivity contribution in [2.45, 2.75) is 30.8 Å². The number of rotatable bonds is 6. The highest BCUT2D eigenvalue weighted by Gasteiger charge is 2.17. The number of carbonyl (C=O) groups excluding carboxylic acids is 1. The smallest absolute Gasteiger partial charge is 0.321 e. The number of amides is 2. The molecule has 0 spiro atoms. The second-order valence-electron chi connectivity index (χ2n) is 7.43. The minimum atomic E-state index is -0.0133. The van der Waals surface area contributed by atoms with Crippen molar-refractivity contribution >= 4 is 29.4 Å². The van der Waals surface area contributed by atoms with Crippen LogP contribution in [0.3, 0.4) is 0 Å². The van der Waals surface area contributed by atoms with E-state index < -0.39 is 0 Å². The summed E-state index contributed by atoms with van der Waals surface area (Å²) in [7, 11) is 3.83. The molecule has 6 nitrogen and oxygen atoms in total. The molecule has 160 valence electrons. The van der Waals surface area contributed by atoms with Gasteiger partial charge in [0, 0.05) is 50.9 Å². The first-order chi connectivity index (χ1) is 14.6. The number of anilines is 1. The summed E-state index contributed by atoms with van der Waals surface area (Å²) in [6.07, 6.45) is 4.26. The minimum absolute atomic E-state index is 0.0133. The molecule has 0 bridgehead atoms. The zero-order chi connectivity index (χ0) is 21.3. The molecular weight excluding hydrogens is 394 g/mol. The van der Waals surface area contributed by atoms with E-state index in [2.05, 4.69) is 51.0 Å². The Morgan fingerprint density at radius 1 is 1.13 bits per heavy atom. The van der Waals surface area contributed by atoms with Gasteiger partial charge in [0.15, 0.2) is 5.96 Å². The summed E-state index contributed by atoms with van der Waals surface area (Å²) in [6, 6.07) is 16.5. The van der Waals surface area contributed by atoms with E-state index >= 15 is 0 Å². The van der Waals surface area contributed by atoms with Crippen molar-refractivity contribution < 1.29 is 4.79 Å². The van der Waals surface area contributed by atoms with Gasteiger partial charge in [-0.25, -0.2) is 4.79 Å². The van der Waals surface area contributed by atoms with E-state index in [1.807, 2.05) is 36.2 Å². The Morgan fingerprint density at radius 2 is 1.87 bits per heavy atom. The van der Waals surface area contributed by atoms with E-state index in [1.54, 1.807) is 18.8 Å². The lowest BCUT2D eigenvalue weighted by molar-refractivity contribution is 0.222. The van der Waals surface area contributed by atoms with Crippen LogP contribution >= 0.6 is 11.8 Å². The highest BCUT2D eigenvalue weighted by molar-refractivity contribution is 7.98. The van der Waals surface area contributed by atoms with Crippen molar-refractivity contribution in [3.63, 3.8) is 0 Å². The summed E-state index contributed by atoms with van der Waals surface area (Å²) in [5.74, 6) is 0.829. The number of hydrogen-bond donors (Lipinski definition) is 2. The van der Waals surface area contributed by atoms with Crippen LogP contribution in [-0.2, 0) is 13.1 Å². The van der Waals surface area contributed by atoms with Crippen LogP contribution in [0.25, 0.3) is 0 Å². The molecule has 0 saturated carbocycles.